The zero-order valence-electron chi connectivity index (χ0n) is 18.2. The summed E-state index contributed by atoms with van der Waals surface area (Å²) in [6, 6.07) is 14.9. The van der Waals surface area contributed by atoms with Gasteiger partial charge in [0.1, 0.15) is 5.82 Å². The third-order valence-electron chi connectivity index (χ3n) is 6.93. The first-order chi connectivity index (χ1) is 15.0. The summed E-state index contributed by atoms with van der Waals surface area (Å²) in [4.78, 5) is 17.0. The van der Waals surface area contributed by atoms with E-state index in [4.69, 9.17) is 0 Å². The summed E-state index contributed by atoms with van der Waals surface area (Å²) in [5.74, 6) is -0.544. The van der Waals surface area contributed by atoms with Crippen LogP contribution >= 0.6 is 0 Å². The van der Waals surface area contributed by atoms with Crippen molar-refractivity contribution in [3.05, 3.63) is 65.5 Å². The van der Waals surface area contributed by atoms with Crippen molar-refractivity contribution in [1.29, 1.82) is 0 Å². The molecule has 2 aliphatic rings. The minimum Gasteiger partial charge on any atom is -0.390 e. The van der Waals surface area contributed by atoms with Gasteiger partial charge in [0.15, 0.2) is 0 Å². The number of rotatable bonds is 6. The summed E-state index contributed by atoms with van der Waals surface area (Å²) < 4.78 is 13.5. The van der Waals surface area contributed by atoms with Gasteiger partial charge in [-0.25, -0.2) is 4.39 Å². The van der Waals surface area contributed by atoms with Crippen LogP contribution in [-0.2, 0) is 11.2 Å². The summed E-state index contributed by atoms with van der Waals surface area (Å²) in [7, 11) is 0. The zero-order valence-corrected chi connectivity index (χ0v) is 18.2. The molecule has 0 saturated carbocycles. The molecule has 166 valence electrons. The van der Waals surface area contributed by atoms with E-state index in [1.807, 2.05) is 17.9 Å². The molecule has 2 aromatic carbocycles. The Morgan fingerprint density at radius 2 is 2.00 bits per heavy atom. The second kappa shape index (κ2) is 9.47. The highest BCUT2D eigenvalue weighted by molar-refractivity contribution is 5.93. The quantitative estimate of drug-likeness (QED) is 0.746. The van der Waals surface area contributed by atoms with E-state index in [1.54, 1.807) is 6.07 Å². The molecule has 5 nitrogen and oxygen atoms in total. The van der Waals surface area contributed by atoms with Crippen molar-refractivity contribution < 1.29 is 14.3 Å². The minimum absolute atomic E-state index is 0.177. The number of amides is 1. The lowest BCUT2D eigenvalue weighted by molar-refractivity contribution is -0.120. The van der Waals surface area contributed by atoms with Crippen LogP contribution in [0.4, 0.5) is 10.1 Å². The van der Waals surface area contributed by atoms with E-state index >= 15 is 0 Å². The lowest BCUT2D eigenvalue weighted by Crippen LogP contribution is -2.62. The molecule has 2 fully saturated rings. The van der Waals surface area contributed by atoms with Crippen LogP contribution in [0, 0.1) is 12.7 Å². The number of hydrogen-bond donors (Lipinski definition) is 2. The molecule has 31 heavy (non-hydrogen) atoms. The molecule has 4 rings (SSSR count). The molecule has 0 radical (unpaired) electrons. The van der Waals surface area contributed by atoms with Crippen LogP contribution in [-0.4, -0.2) is 65.2 Å². The maximum Gasteiger partial charge on any atom is 0.238 e. The Hall–Kier alpha value is -2.28. The van der Waals surface area contributed by atoms with Crippen molar-refractivity contribution in [3.8, 4) is 0 Å². The molecule has 0 unspecified atom stereocenters. The Bertz CT molecular complexity index is 907. The van der Waals surface area contributed by atoms with E-state index in [1.165, 1.54) is 17.7 Å². The molecule has 0 aromatic heterocycles. The van der Waals surface area contributed by atoms with Gasteiger partial charge in [-0.15, -0.1) is 0 Å². The molecule has 6 heteroatoms. The standard InChI is InChI=1S/C25H32FN3O2/c1-19-8-9-21(26)16-22(19)27-24(31)18-28-15-12-25(23(30)17-28)11-5-13-29(25)14-10-20-6-3-2-4-7-20/h2-4,6-9,16,23,30H,5,10-15,17-18H2,1H3,(H,27,31)/t23-,25-/m0/s1. The van der Waals surface area contributed by atoms with Crippen molar-refractivity contribution in [1.82, 2.24) is 9.80 Å². The summed E-state index contributed by atoms with van der Waals surface area (Å²) in [5.41, 5.74) is 2.47. The van der Waals surface area contributed by atoms with Crippen LogP contribution in [0.1, 0.15) is 30.4 Å². The molecule has 2 saturated heterocycles. The molecule has 2 N–H and O–H groups in total. The maximum absolute atomic E-state index is 13.5. The second-order valence-electron chi connectivity index (χ2n) is 8.94. The number of aliphatic hydroxyl groups is 1. The molecule has 2 heterocycles. The van der Waals surface area contributed by atoms with Crippen molar-refractivity contribution in [2.24, 2.45) is 0 Å². The van der Waals surface area contributed by atoms with E-state index in [9.17, 15) is 14.3 Å². The van der Waals surface area contributed by atoms with Gasteiger partial charge in [-0.2, -0.15) is 0 Å². The second-order valence-corrected chi connectivity index (χ2v) is 8.94. The number of nitrogens with one attached hydrogen (secondary N) is 1. The van der Waals surface area contributed by atoms with Gasteiger partial charge >= 0.3 is 0 Å². The third-order valence-corrected chi connectivity index (χ3v) is 6.93. The van der Waals surface area contributed by atoms with Crippen LogP contribution in [0.2, 0.25) is 0 Å². The minimum atomic E-state index is -0.483. The number of hydrogen-bond acceptors (Lipinski definition) is 4. The molecule has 1 amide bonds. The van der Waals surface area contributed by atoms with Crippen LogP contribution in [0.25, 0.3) is 0 Å². The fourth-order valence-corrected chi connectivity index (χ4v) is 5.15. The van der Waals surface area contributed by atoms with Crippen LogP contribution in [0.15, 0.2) is 48.5 Å². The largest absolute Gasteiger partial charge is 0.390 e. The van der Waals surface area contributed by atoms with Gasteiger partial charge in [0.25, 0.3) is 0 Å². The summed E-state index contributed by atoms with van der Waals surface area (Å²) >= 11 is 0. The molecule has 2 atom stereocenters. The lowest BCUT2D eigenvalue weighted by Gasteiger charge is -2.48. The number of halogens is 1. The predicted octanol–water partition coefficient (Wildman–Crippen LogP) is 3.22. The van der Waals surface area contributed by atoms with Gasteiger partial charge in [-0.05, 0) is 62.4 Å². The molecule has 2 aromatic rings. The van der Waals surface area contributed by atoms with Gasteiger partial charge in [-0.1, -0.05) is 36.4 Å². The summed E-state index contributed by atoms with van der Waals surface area (Å²) in [6.45, 7) is 5.26. The summed E-state index contributed by atoms with van der Waals surface area (Å²) in [6.07, 6.45) is 3.46. The number of carbonyl (C=O) groups is 1. The highest BCUT2D eigenvalue weighted by Gasteiger charge is 2.49. The number of carbonyl (C=O) groups excluding carboxylic acids is 1. The molecule has 1 spiro atoms. The zero-order chi connectivity index (χ0) is 21.8. The Labute approximate surface area is 183 Å². The number of aliphatic hydroxyl groups excluding tert-OH is 1. The molecule has 0 aliphatic carbocycles. The van der Waals surface area contributed by atoms with E-state index in [-0.39, 0.29) is 23.8 Å². The van der Waals surface area contributed by atoms with Crippen LogP contribution < -0.4 is 5.32 Å². The Morgan fingerprint density at radius 1 is 1.19 bits per heavy atom. The number of benzene rings is 2. The van der Waals surface area contributed by atoms with Crippen LogP contribution in [0.3, 0.4) is 0 Å². The molecular formula is C25H32FN3O2. The van der Waals surface area contributed by atoms with Crippen LogP contribution in [0.5, 0.6) is 0 Å². The van der Waals surface area contributed by atoms with Gasteiger partial charge in [0, 0.05) is 30.9 Å². The number of likely N-dealkylation sites (tertiary alicyclic amines) is 2. The van der Waals surface area contributed by atoms with Crippen molar-refractivity contribution in [3.63, 3.8) is 0 Å². The third kappa shape index (κ3) is 4.97. The monoisotopic (exact) mass is 425 g/mol. The Kier molecular flexibility index (Phi) is 6.70. The maximum atomic E-state index is 13.5. The number of anilines is 1. The van der Waals surface area contributed by atoms with Gasteiger partial charge in [0.2, 0.25) is 5.91 Å². The van der Waals surface area contributed by atoms with Crippen molar-refractivity contribution >= 4 is 11.6 Å². The number of nitrogens with zero attached hydrogens (tertiary/aromatic N) is 2. The van der Waals surface area contributed by atoms with Crippen molar-refractivity contribution in [2.45, 2.75) is 44.2 Å². The van der Waals surface area contributed by atoms with E-state index in [0.717, 1.165) is 50.9 Å². The Morgan fingerprint density at radius 3 is 2.77 bits per heavy atom. The Balaban J connectivity index is 1.33. The van der Waals surface area contributed by atoms with Gasteiger partial charge in [-0.3, -0.25) is 14.6 Å². The first-order valence-electron chi connectivity index (χ1n) is 11.2. The fraction of sp³-hybridized carbons (Fsp3) is 0.480. The van der Waals surface area contributed by atoms with Gasteiger partial charge < -0.3 is 10.4 Å². The normalized spacial score (nSPS) is 24.5. The van der Waals surface area contributed by atoms with E-state index in [0.29, 0.717) is 12.2 Å². The highest BCUT2D eigenvalue weighted by Crippen LogP contribution is 2.38. The van der Waals surface area contributed by atoms with E-state index < -0.39 is 6.10 Å². The first-order valence-corrected chi connectivity index (χ1v) is 11.2. The predicted molar refractivity (Wildman–Crippen MR) is 121 cm³/mol. The number of β-amino-alcohol motifs (C(OH)–C–C–N with tert-alkyl or cyclic N) is 1. The highest BCUT2D eigenvalue weighted by atomic mass is 19.1. The molecular weight excluding hydrogens is 393 g/mol. The molecule has 0 bridgehead atoms. The SMILES string of the molecule is Cc1ccc(F)cc1NC(=O)CN1CC[C@@]2(CCCN2CCc2ccccc2)[C@@H](O)C1. The average molecular weight is 426 g/mol. The topological polar surface area (TPSA) is 55.8 Å². The average Bonchev–Trinajstić information content (AvgIpc) is 3.16. The van der Waals surface area contributed by atoms with Crippen molar-refractivity contribution in [2.75, 3.05) is 38.0 Å². The summed E-state index contributed by atoms with van der Waals surface area (Å²) in [5, 5.41) is 13.9. The molecule has 2 aliphatic heterocycles. The van der Waals surface area contributed by atoms with Gasteiger partial charge in [0.05, 0.1) is 12.6 Å². The number of piperidine rings is 1. The van der Waals surface area contributed by atoms with E-state index in [2.05, 4.69) is 34.5 Å². The first kappa shape index (κ1) is 21.9. The smallest absolute Gasteiger partial charge is 0.238 e. The fourth-order valence-electron chi connectivity index (χ4n) is 5.15. The number of aryl methyl sites for hydroxylation is 1. The lowest BCUT2D eigenvalue weighted by atomic mass is 9.82.